The average molecular weight is 521 g/mol. The molecule has 2 amide bonds. The molecule has 5 rings (SSSR count). The number of piperidine rings is 1. The largest absolute Gasteiger partial charge is 0.484 e. The Labute approximate surface area is 220 Å². The number of ether oxygens (including phenoxy) is 1. The van der Waals surface area contributed by atoms with Crippen molar-refractivity contribution in [2.75, 3.05) is 39.0 Å². The molecule has 2 fully saturated rings. The number of nitrogens with zero attached hydrogens (tertiary/aromatic N) is 4. The maximum absolute atomic E-state index is 13.4. The molecule has 0 radical (unpaired) electrons. The molecule has 2 aliphatic rings. The zero-order chi connectivity index (χ0) is 26.2. The van der Waals surface area contributed by atoms with Crippen molar-refractivity contribution < 1.29 is 14.3 Å². The zero-order valence-electron chi connectivity index (χ0n) is 21.5. The van der Waals surface area contributed by atoms with E-state index in [0.29, 0.717) is 47.8 Å². The number of hydrogen-bond donors (Lipinski definition) is 0. The van der Waals surface area contributed by atoms with E-state index in [9.17, 15) is 14.4 Å². The normalized spacial score (nSPS) is 16.9. The Morgan fingerprint density at radius 3 is 2.46 bits per heavy atom. The molecule has 9 heteroatoms. The predicted molar refractivity (Wildman–Crippen MR) is 144 cm³/mol. The van der Waals surface area contributed by atoms with Crippen LogP contribution in [0.1, 0.15) is 35.2 Å². The molecular formula is C28H32N4O4S. The second-order valence-corrected chi connectivity index (χ2v) is 10.9. The first-order valence-electron chi connectivity index (χ1n) is 12.6. The molecule has 3 heterocycles. The molecule has 2 aromatic carbocycles. The Hall–Kier alpha value is -3.33. The van der Waals surface area contributed by atoms with Crippen LogP contribution in [0.25, 0.3) is 10.9 Å². The van der Waals surface area contributed by atoms with E-state index >= 15 is 0 Å². The van der Waals surface area contributed by atoms with Gasteiger partial charge >= 0.3 is 0 Å². The molecule has 0 bridgehead atoms. The van der Waals surface area contributed by atoms with E-state index in [1.54, 1.807) is 25.2 Å². The van der Waals surface area contributed by atoms with E-state index in [0.717, 1.165) is 30.6 Å². The second kappa shape index (κ2) is 10.2. The van der Waals surface area contributed by atoms with Gasteiger partial charge in [-0.1, -0.05) is 30.0 Å². The molecule has 1 aromatic heterocycles. The fourth-order valence-corrected chi connectivity index (χ4v) is 5.99. The third kappa shape index (κ3) is 4.97. The lowest BCUT2D eigenvalue weighted by atomic mass is 9.78. The number of hydrogen-bond acceptors (Lipinski definition) is 6. The Balaban J connectivity index is 1.20. The highest BCUT2D eigenvalue weighted by molar-refractivity contribution is 7.98. The van der Waals surface area contributed by atoms with Crippen LogP contribution in [0, 0.1) is 12.3 Å². The lowest BCUT2D eigenvalue weighted by Gasteiger charge is -2.39. The number of likely N-dealkylation sites (tertiary alicyclic amines) is 2. The third-order valence-corrected chi connectivity index (χ3v) is 8.54. The fourth-order valence-electron chi connectivity index (χ4n) is 5.44. The minimum atomic E-state index is -0.112. The van der Waals surface area contributed by atoms with Crippen LogP contribution in [-0.2, 0) is 11.8 Å². The number of fused-ring (bicyclic) bond motifs is 1. The van der Waals surface area contributed by atoms with Gasteiger partial charge in [-0.25, -0.2) is 4.98 Å². The summed E-state index contributed by atoms with van der Waals surface area (Å²) in [7, 11) is 1.71. The van der Waals surface area contributed by atoms with E-state index < -0.39 is 0 Å². The average Bonchev–Trinajstić information content (AvgIpc) is 3.33. The van der Waals surface area contributed by atoms with Crippen LogP contribution in [0.3, 0.4) is 0 Å². The van der Waals surface area contributed by atoms with Crippen LogP contribution < -0.4 is 10.3 Å². The molecule has 37 heavy (non-hydrogen) atoms. The number of carbonyl (C=O) groups is 2. The van der Waals surface area contributed by atoms with Crippen LogP contribution in [0.5, 0.6) is 5.75 Å². The highest BCUT2D eigenvalue weighted by atomic mass is 32.2. The van der Waals surface area contributed by atoms with E-state index in [1.807, 2.05) is 47.2 Å². The van der Waals surface area contributed by atoms with E-state index in [-0.39, 0.29) is 29.4 Å². The first kappa shape index (κ1) is 25.3. The van der Waals surface area contributed by atoms with Crippen molar-refractivity contribution in [2.45, 2.75) is 31.3 Å². The summed E-state index contributed by atoms with van der Waals surface area (Å²) in [5.41, 5.74) is 2.04. The second-order valence-electron chi connectivity index (χ2n) is 10.1. The molecule has 0 N–H and O–H groups in total. The summed E-state index contributed by atoms with van der Waals surface area (Å²) in [5, 5.41) is 1.13. The minimum Gasteiger partial charge on any atom is -0.484 e. The topological polar surface area (TPSA) is 84.7 Å². The van der Waals surface area contributed by atoms with Gasteiger partial charge in [0, 0.05) is 38.8 Å². The van der Waals surface area contributed by atoms with Crippen molar-refractivity contribution in [3.8, 4) is 5.75 Å². The summed E-state index contributed by atoms with van der Waals surface area (Å²) in [5.74, 6) is 0.712. The summed E-state index contributed by atoms with van der Waals surface area (Å²) >= 11 is 1.40. The van der Waals surface area contributed by atoms with Gasteiger partial charge in [-0.05, 0) is 67.7 Å². The van der Waals surface area contributed by atoms with Crippen molar-refractivity contribution in [3.05, 3.63) is 63.9 Å². The number of thioether (sulfide) groups is 1. The van der Waals surface area contributed by atoms with E-state index in [1.165, 1.54) is 16.3 Å². The monoisotopic (exact) mass is 520 g/mol. The summed E-state index contributed by atoms with van der Waals surface area (Å²) < 4.78 is 7.29. The number of amides is 2. The van der Waals surface area contributed by atoms with Gasteiger partial charge in [0.2, 0.25) is 0 Å². The van der Waals surface area contributed by atoms with Gasteiger partial charge in [0.25, 0.3) is 17.4 Å². The molecule has 0 aliphatic carbocycles. The minimum absolute atomic E-state index is 0.00319. The molecular weight excluding hydrogens is 488 g/mol. The number of rotatable bonds is 5. The molecule has 0 unspecified atom stereocenters. The molecule has 2 saturated heterocycles. The van der Waals surface area contributed by atoms with Gasteiger partial charge in [-0.15, -0.1) is 0 Å². The Morgan fingerprint density at radius 1 is 1.05 bits per heavy atom. The van der Waals surface area contributed by atoms with Gasteiger partial charge < -0.3 is 14.5 Å². The molecule has 0 saturated carbocycles. The third-order valence-electron chi connectivity index (χ3n) is 7.81. The molecule has 3 aromatic rings. The van der Waals surface area contributed by atoms with Crippen LogP contribution in [0.4, 0.5) is 0 Å². The molecule has 2 aliphatic heterocycles. The summed E-state index contributed by atoms with van der Waals surface area (Å²) in [4.78, 5) is 47.1. The van der Waals surface area contributed by atoms with Gasteiger partial charge in [-0.3, -0.25) is 19.0 Å². The van der Waals surface area contributed by atoms with Crippen LogP contribution in [0.2, 0.25) is 0 Å². The Bertz CT molecular complexity index is 1410. The van der Waals surface area contributed by atoms with Gasteiger partial charge in [0.15, 0.2) is 11.8 Å². The predicted octanol–water partition coefficient (Wildman–Crippen LogP) is 3.50. The number of carbonyl (C=O) groups excluding carboxylic acids is 2. The number of para-hydroxylation sites is 1. The maximum atomic E-state index is 13.4. The molecule has 0 atom stereocenters. The van der Waals surface area contributed by atoms with Crippen LogP contribution in [-0.4, -0.2) is 70.2 Å². The van der Waals surface area contributed by atoms with Crippen molar-refractivity contribution in [1.29, 1.82) is 0 Å². The summed E-state index contributed by atoms with van der Waals surface area (Å²) in [6.07, 6.45) is 4.56. The van der Waals surface area contributed by atoms with Crippen molar-refractivity contribution in [1.82, 2.24) is 19.4 Å². The first-order chi connectivity index (χ1) is 17.8. The molecule has 1 spiro atoms. The lowest BCUT2D eigenvalue weighted by Crippen LogP contribution is -2.46. The van der Waals surface area contributed by atoms with E-state index in [4.69, 9.17) is 4.74 Å². The van der Waals surface area contributed by atoms with Gasteiger partial charge in [-0.2, -0.15) is 0 Å². The Kier molecular flexibility index (Phi) is 6.98. The highest BCUT2D eigenvalue weighted by Crippen LogP contribution is 2.41. The highest BCUT2D eigenvalue weighted by Gasteiger charge is 2.43. The van der Waals surface area contributed by atoms with Crippen LogP contribution >= 0.6 is 11.8 Å². The van der Waals surface area contributed by atoms with Crippen molar-refractivity contribution >= 4 is 34.5 Å². The summed E-state index contributed by atoms with van der Waals surface area (Å²) in [6, 6.07) is 12.9. The molecule has 194 valence electrons. The van der Waals surface area contributed by atoms with Crippen molar-refractivity contribution in [3.63, 3.8) is 0 Å². The summed E-state index contributed by atoms with van der Waals surface area (Å²) in [6.45, 7) is 4.75. The lowest BCUT2D eigenvalue weighted by molar-refractivity contribution is -0.135. The Morgan fingerprint density at radius 2 is 1.76 bits per heavy atom. The van der Waals surface area contributed by atoms with Crippen LogP contribution in [0.15, 0.2) is 52.4 Å². The SMILES string of the molecule is CSc1nc2cc(C(=O)N3CCC4(CCN(C(=O)COc5ccccc5C)CC4)C3)ccc2c(=O)n1C. The fraction of sp³-hybridized carbons (Fsp3) is 0.429. The van der Waals surface area contributed by atoms with Crippen molar-refractivity contribution in [2.24, 2.45) is 12.5 Å². The smallest absolute Gasteiger partial charge is 0.261 e. The van der Waals surface area contributed by atoms with Gasteiger partial charge in [0.1, 0.15) is 5.75 Å². The van der Waals surface area contributed by atoms with E-state index in [2.05, 4.69) is 4.98 Å². The standard InChI is InChI=1S/C28H32N4O4S/c1-19-6-4-5-7-23(19)36-17-24(33)31-13-10-28(11-14-31)12-15-32(18-28)25(34)20-8-9-21-22(16-20)29-27(37-3)30(2)26(21)35/h4-9,16H,10-15,17-18H2,1-3H3. The maximum Gasteiger partial charge on any atom is 0.261 e. The zero-order valence-corrected chi connectivity index (χ0v) is 22.3. The molecule has 8 nitrogen and oxygen atoms in total. The quantitative estimate of drug-likeness (QED) is 0.378. The van der Waals surface area contributed by atoms with Gasteiger partial charge in [0.05, 0.1) is 10.9 Å². The number of benzene rings is 2. The number of aryl methyl sites for hydroxylation is 1. The first-order valence-corrected chi connectivity index (χ1v) is 13.8. The number of aromatic nitrogens is 2.